The third-order valence-corrected chi connectivity index (χ3v) is 5.11. The summed E-state index contributed by atoms with van der Waals surface area (Å²) in [5, 5.41) is 8.83. The van der Waals surface area contributed by atoms with Crippen LogP contribution in [-0.4, -0.2) is 31.4 Å². The van der Waals surface area contributed by atoms with Crippen molar-refractivity contribution in [2.24, 2.45) is 0 Å². The lowest BCUT2D eigenvalue weighted by atomic mass is 10.5. The number of aliphatic hydroxyl groups is 1. The average Bonchev–Trinajstić information content (AvgIpc) is 2.66. The van der Waals surface area contributed by atoms with Gasteiger partial charge in [0.2, 0.25) is 0 Å². The Morgan fingerprint density at radius 3 is 2.73 bits per heavy atom. The molecule has 0 saturated heterocycles. The fourth-order valence-corrected chi connectivity index (χ4v) is 3.46. The summed E-state index contributed by atoms with van der Waals surface area (Å²) >= 11 is 1.05. The molecule has 82 valence electrons. The first kappa shape index (κ1) is 12.2. The first-order chi connectivity index (χ1) is 7.02. The van der Waals surface area contributed by atoms with Crippen molar-refractivity contribution in [3.8, 4) is 12.3 Å². The van der Waals surface area contributed by atoms with Crippen molar-refractivity contribution in [1.29, 1.82) is 0 Å². The van der Waals surface area contributed by atoms with Crippen LogP contribution in [0.15, 0.2) is 16.3 Å². The molecule has 0 atom stereocenters. The van der Waals surface area contributed by atoms with Crippen LogP contribution in [-0.2, 0) is 16.6 Å². The topological polar surface area (TPSA) is 57.6 Å². The highest BCUT2D eigenvalue weighted by Gasteiger charge is 2.21. The fourth-order valence-electron chi connectivity index (χ4n) is 0.949. The van der Waals surface area contributed by atoms with Crippen molar-refractivity contribution >= 4 is 21.4 Å². The second-order valence-electron chi connectivity index (χ2n) is 2.84. The monoisotopic (exact) mass is 245 g/mol. The van der Waals surface area contributed by atoms with Gasteiger partial charge in [-0.2, -0.15) is 4.31 Å². The minimum absolute atomic E-state index is 0.0364. The van der Waals surface area contributed by atoms with Gasteiger partial charge in [-0.25, -0.2) is 8.42 Å². The van der Waals surface area contributed by atoms with Gasteiger partial charge in [0.1, 0.15) is 4.21 Å². The standard InChI is InChI=1S/C9H11NO3S2/c1-3-6-10(2)15(12,13)9-5-4-8(7-11)14-9/h1,4-5,11H,6-7H2,2H3. The zero-order valence-corrected chi connectivity index (χ0v) is 9.81. The van der Waals surface area contributed by atoms with E-state index in [9.17, 15) is 8.42 Å². The molecule has 0 aliphatic rings. The normalized spacial score (nSPS) is 11.6. The molecule has 0 bridgehead atoms. The predicted molar refractivity (Wildman–Crippen MR) is 58.9 cm³/mol. The molecular formula is C9H11NO3S2. The Bertz CT molecular complexity index is 470. The molecule has 6 heteroatoms. The summed E-state index contributed by atoms with van der Waals surface area (Å²) < 4.78 is 24.9. The van der Waals surface area contributed by atoms with Crippen molar-refractivity contribution in [3.63, 3.8) is 0 Å². The molecule has 1 rings (SSSR count). The highest BCUT2D eigenvalue weighted by atomic mass is 32.2. The Morgan fingerprint density at radius 1 is 1.60 bits per heavy atom. The van der Waals surface area contributed by atoms with Gasteiger partial charge in [-0.15, -0.1) is 17.8 Å². The van der Waals surface area contributed by atoms with Gasteiger partial charge in [-0.1, -0.05) is 5.92 Å². The van der Waals surface area contributed by atoms with Gasteiger partial charge in [-0.3, -0.25) is 0 Å². The molecule has 1 aromatic rings. The van der Waals surface area contributed by atoms with E-state index in [0.29, 0.717) is 4.88 Å². The maximum atomic E-state index is 11.8. The highest BCUT2D eigenvalue weighted by Crippen LogP contribution is 2.23. The molecule has 1 aromatic heterocycles. The van der Waals surface area contributed by atoms with Crippen molar-refractivity contribution in [1.82, 2.24) is 4.31 Å². The Hall–Kier alpha value is -0.870. The van der Waals surface area contributed by atoms with Crippen LogP contribution >= 0.6 is 11.3 Å². The van der Waals surface area contributed by atoms with Crippen LogP contribution in [0.5, 0.6) is 0 Å². The number of rotatable bonds is 4. The molecule has 0 spiro atoms. The lowest BCUT2D eigenvalue weighted by Gasteiger charge is -2.11. The number of hydrogen-bond donors (Lipinski definition) is 1. The minimum atomic E-state index is -3.49. The molecule has 0 radical (unpaired) electrons. The number of sulfonamides is 1. The number of hydrogen-bond acceptors (Lipinski definition) is 4. The van der Waals surface area contributed by atoms with E-state index in [0.717, 1.165) is 15.6 Å². The quantitative estimate of drug-likeness (QED) is 0.786. The molecule has 0 saturated carbocycles. The predicted octanol–water partition coefficient (Wildman–Crippen LogP) is 0.494. The zero-order chi connectivity index (χ0) is 11.5. The van der Waals surface area contributed by atoms with E-state index in [4.69, 9.17) is 11.5 Å². The molecule has 15 heavy (non-hydrogen) atoms. The van der Waals surface area contributed by atoms with Crippen LogP contribution in [0.3, 0.4) is 0 Å². The molecule has 0 fully saturated rings. The van der Waals surface area contributed by atoms with E-state index >= 15 is 0 Å². The largest absolute Gasteiger partial charge is 0.391 e. The van der Waals surface area contributed by atoms with E-state index in [1.807, 2.05) is 0 Å². The molecule has 1 N–H and O–H groups in total. The molecule has 4 nitrogen and oxygen atoms in total. The maximum Gasteiger partial charge on any atom is 0.253 e. The summed E-state index contributed by atoms with van der Waals surface area (Å²) in [6.45, 7) is -0.117. The Labute approximate surface area is 93.2 Å². The lowest BCUT2D eigenvalue weighted by molar-refractivity contribution is 0.285. The van der Waals surface area contributed by atoms with Crippen molar-refractivity contribution < 1.29 is 13.5 Å². The van der Waals surface area contributed by atoms with E-state index in [1.165, 1.54) is 13.1 Å². The maximum absolute atomic E-state index is 11.8. The summed E-state index contributed by atoms with van der Waals surface area (Å²) in [7, 11) is -2.07. The first-order valence-corrected chi connectivity index (χ1v) is 6.37. The summed E-state index contributed by atoms with van der Waals surface area (Å²) in [5.41, 5.74) is 0. The van der Waals surface area contributed by atoms with Gasteiger partial charge < -0.3 is 5.11 Å². The first-order valence-electron chi connectivity index (χ1n) is 4.11. The molecule has 0 amide bonds. The Balaban J connectivity index is 3.01. The number of nitrogens with zero attached hydrogens (tertiary/aromatic N) is 1. The van der Waals surface area contributed by atoms with Crippen molar-refractivity contribution in [2.45, 2.75) is 10.8 Å². The van der Waals surface area contributed by atoms with Crippen molar-refractivity contribution in [2.75, 3.05) is 13.6 Å². The average molecular weight is 245 g/mol. The van der Waals surface area contributed by atoms with Crippen LogP contribution < -0.4 is 0 Å². The number of thiophene rings is 1. The summed E-state index contributed by atoms with van der Waals surface area (Å²) in [6.07, 6.45) is 5.04. The van der Waals surface area contributed by atoms with Crippen LogP contribution in [0.1, 0.15) is 4.88 Å². The van der Waals surface area contributed by atoms with E-state index < -0.39 is 10.0 Å². The molecular weight excluding hydrogens is 234 g/mol. The fraction of sp³-hybridized carbons (Fsp3) is 0.333. The van der Waals surface area contributed by atoms with Crippen LogP contribution in [0.2, 0.25) is 0 Å². The van der Waals surface area contributed by atoms with Gasteiger partial charge in [0.15, 0.2) is 0 Å². The van der Waals surface area contributed by atoms with Gasteiger partial charge in [0, 0.05) is 11.9 Å². The molecule has 0 aliphatic carbocycles. The van der Waals surface area contributed by atoms with Crippen LogP contribution in [0, 0.1) is 12.3 Å². The molecule has 0 unspecified atom stereocenters. The van der Waals surface area contributed by atoms with E-state index in [2.05, 4.69) is 5.92 Å². The second-order valence-corrected chi connectivity index (χ2v) is 6.28. The SMILES string of the molecule is C#CCN(C)S(=O)(=O)c1ccc(CO)s1. The Kier molecular flexibility index (Phi) is 3.88. The van der Waals surface area contributed by atoms with E-state index in [-0.39, 0.29) is 17.4 Å². The summed E-state index contributed by atoms with van der Waals surface area (Å²) in [5.74, 6) is 2.27. The van der Waals surface area contributed by atoms with Crippen LogP contribution in [0.4, 0.5) is 0 Å². The van der Waals surface area contributed by atoms with Gasteiger partial charge in [-0.05, 0) is 12.1 Å². The van der Waals surface area contributed by atoms with Gasteiger partial charge >= 0.3 is 0 Å². The van der Waals surface area contributed by atoms with Gasteiger partial charge in [0.25, 0.3) is 10.0 Å². The number of terminal acetylenes is 1. The summed E-state index contributed by atoms with van der Waals surface area (Å²) in [4.78, 5) is 0.614. The molecule has 0 aromatic carbocycles. The van der Waals surface area contributed by atoms with E-state index in [1.54, 1.807) is 6.07 Å². The van der Waals surface area contributed by atoms with Crippen molar-refractivity contribution in [3.05, 3.63) is 17.0 Å². The van der Waals surface area contributed by atoms with Gasteiger partial charge in [0.05, 0.1) is 13.2 Å². The van der Waals surface area contributed by atoms with Crippen LogP contribution in [0.25, 0.3) is 0 Å². The number of aliphatic hydroxyl groups excluding tert-OH is 1. The zero-order valence-electron chi connectivity index (χ0n) is 8.17. The molecule has 1 heterocycles. The Morgan fingerprint density at radius 2 is 2.27 bits per heavy atom. The third-order valence-electron chi connectivity index (χ3n) is 1.77. The summed E-state index contributed by atoms with van der Waals surface area (Å²) in [6, 6.07) is 3.06. The highest BCUT2D eigenvalue weighted by molar-refractivity contribution is 7.91. The molecule has 0 aliphatic heterocycles. The smallest absolute Gasteiger partial charge is 0.253 e. The second kappa shape index (κ2) is 4.77. The third kappa shape index (κ3) is 2.58. The minimum Gasteiger partial charge on any atom is -0.391 e. The lowest BCUT2D eigenvalue weighted by Crippen LogP contribution is -2.26.